The van der Waals surface area contributed by atoms with Gasteiger partial charge in [0.05, 0.1) is 5.69 Å². The van der Waals surface area contributed by atoms with Gasteiger partial charge in [0.15, 0.2) is 0 Å². The van der Waals surface area contributed by atoms with Crippen molar-refractivity contribution in [3.63, 3.8) is 0 Å². The van der Waals surface area contributed by atoms with Gasteiger partial charge in [-0.05, 0) is 98.6 Å². The monoisotopic (exact) mass is 493 g/mol. The van der Waals surface area contributed by atoms with E-state index in [0.717, 1.165) is 10.9 Å². The standard InChI is InChI=1S/C31H44ClN3/c1-18(2)25-11-9-12-26(19(3)4)31(25)33-22(7)27-15-14-23-10-8-13-28(30(23)34-27)35-29-20(5)16-24(32)17-21(29)6/h9,11-12,16-19,23,27-28,30,34-35H,8,10,13-15H2,1-7H3. The minimum Gasteiger partial charge on any atom is -0.380 e. The molecule has 1 heterocycles. The van der Waals surface area contributed by atoms with Gasteiger partial charge in [0.25, 0.3) is 0 Å². The molecule has 35 heavy (non-hydrogen) atoms. The highest BCUT2D eigenvalue weighted by Gasteiger charge is 2.38. The van der Waals surface area contributed by atoms with Crippen LogP contribution in [0.3, 0.4) is 0 Å². The summed E-state index contributed by atoms with van der Waals surface area (Å²) in [6.45, 7) is 15.7. The molecule has 1 aliphatic carbocycles. The second kappa shape index (κ2) is 11.0. The fourth-order valence-electron chi connectivity index (χ4n) is 6.27. The number of para-hydroxylation sites is 1. The van der Waals surface area contributed by atoms with E-state index in [-0.39, 0.29) is 0 Å². The summed E-state index contributed by atoms with van der Waals surface area (Å²) in [5.74, 6) is 1.65. The zero-order valence-corrected chi connectivity index (χ0v) is 23.5. The van der Waals surface area contributed by atoms with E-state index in [1.54, 1.807) is 0 Å². The Labute approximate surface area is 218 Å². The molecule has 0 amide bonds. The average Bonchev–Trinajstić information content (AvgIpc) is 2.80. The van der Waals surface area contributed by atoms with Gasteiger partial charge in [0.2, 0.25) is 0 Å². The molecule has 4 rings (SSSR count). The van der Waals surface area contributed by atoms with E-state index in [9.17, 15) is 0 Å². The maximum Gasteiger partial charge on any atom is 0.0698 e. The number of benzene rings is 2. The van der Waals surface area contributed by atoms with Crippen molar-refractivity contribution in [3.8, 4) is 0 Å². The lowest BCUT2D eigenvalue weighted by Crippen LogP contribution is -2.59. The number of halogens is 1. The molecular formula is C31H44ClN3. The maximum absolute atomic E-state index is 6.30. The van der Waals surface area contributed by atoms with Crippen molar-refractivity contribution in [2.75, 3.05) is 5.32 Å². The highest BCUT2D eigenvalue weighted by Crippen LogP contribution is 2.38. The summed E-state index contributed by atoms with van der Waals surface area (Å²) in [6, 6.07) is 12.1. The Morgan fingerprint density at radius 1 is 0.971 bits per heavy atom. The number of nitrogens with zero attached hydrogens (tertiary/aromatic N) is 1. The summed E-state index contributed by atoms with van der Waals surface area (Å²) < 4.78 is 0. The number of fused-ring (bicyclic) bond motifs is 1. The van der Waals surface area contributed by atoms with Crippen molar-refractivity contribution in [2.45, 2.75) is 111 Å². The second-order valence-electron chi connectivity index (χ2n) is 11.5. The van der Waals surface area contributed by atoms with Crippen molar-refractivity contribution in [1.82, 2.24) is 5.32 Å². The third-order valence-electron chi connectivity index (χ3n) is 8.21. The van der Waals surface area contributed by atoms with Crippen LogP contribution < -0.4 is 10.6 Å². The summed E-state index contributed by atoms with van der Waals surface area (Å²) in [4.78, 5) is 5.33. The molecule has 2 aromatic rings. The molecule has 1 aliphatic heterocycles. The Balaban J connectivity index is 1.59. The van der Waals surface area contributed by atoms with E-state index in [4.69, 9.17) is 16.6 Å². The molecule has 2 aliphatic rings. The smallest absolute Gasteiger partial charge is 0.0698 e. The maximum atomic E-state index is 6.30. The van der Waals surface area contributed by atoms with Gasteiger partial charge < -0.3 is 10.6 Å². The lowest BCUT2D eigenvalue weighted by molar-refractivity contribution is 0.182. The van der Waals surface area contributed by atoms with Crippen LogP contribution in [0.2, 0.25) is 5.02 Å². The minimum atomic E-state index is 0.325. The molecule has 1 saturated heterocycles. The quantitative estimate of drug-likeness (QED) is 0.394. The van der Waals surface area contributed by atoms with Gasteiger partial charge in [0, 0.05) is 34.5 Å². The highest BCUT2D eigenvalue weighted by molar-refractivity contribution is 6.30. The second-order valence-corrected chi connectivity index (χ2v) is 12.0. The molecule has 190 valence electrons. The molecule has 2 fully saturated rings. The van der Waals surface area contributed by atoms with Crippen molar-refractivity contribution < 1.29 is 0 Å². The van der Waals surface area contributed by atoms with Crippen LogP contribution in [-0.2, 0) is 0 Å². The fourth-order valence-corrected chi connectivity index (χ4v) is 6.60. The predicted molar refractivity (Wildman–Crippen MR) is 153 cm³/mol. The number of hydrogen-bond donors (Lipinski definition) is 2. The third kappa shape index (κ3) is 5.78. The van der Waals surface area contributed by atoms with E-state index in [2.05, 4.69) is 89.4 Å². The SMILES string of the molecule is CC(=Nc1c(C(C)C)cccc1C(C)C)C1CCC2CCCC(Nc3c(C)cc(Cl)cc3C)C2N1. The van der Waals surface area contributed by atoms with Crippen molar-refractivity contribution in [1.29, 1.82) is 0 Å². The number of rotatable bonds is 6. The molecule has 3 nitrogen and oxygen atoms in total. The molecule has 1 saturated carbocycles. The normalized spacial score (nSPS) is 25.1. The number of hydrogen-bond acceptors (Lipinski definition) is 3. The summed E-state index contributed by atoms with van der Waals surface area (Å²) in [5, 5.41) is 8.83. The highest BCUT2D eigenvalue weighted by atomic mass is 35.5. The molecule has 0 spiro atoms. The van der Waals surface area contributed by atoms with Crippen LogP contribution in [0.25, 0.3) is 0 Å². The topological polar surface area (TPSA) is 36.4 Å². The Bertz CT molecular complexity index is 1020. The van der Waals surface area contributed by atoms with E-state index >= 15 is 0 Å². The average molecular weight is 494 g/mol. The summed E-state index contributed by atoms with van der Waals surface area (Å²) in [6.07, 6.45) is 6.26. The molecule has 0 radical (unpaired) electrons. The van der Waals surface area contributed by atoms with Crippen LogP contribution >= 0.6 is 11.6 Å². The molecule has 4 atom stereocenters. The summed E-state index contributed by atoms with van der Waals surface area (Å²) in [5.41, 5.74) is 8.85. The van der Waals surface area contributed by atoms with Gasteiger partial charge >= 0.3 is 0 Å². The lowest BCUT2D eigenvalue weighted by atomic mass is 9.74. The molecular weight excluding hydrogens is 450 g/mol. The lowest BCUT2D eigenvalue weighted by Gasteiger charge is -2.45. The largest absolute Gasteiger partial charge is 0.380 e. The Morgan fingerprint density at radius 3 is 2.20 bits per heavy atom. The Kier molecular flexibility index (Phi) is 8.28. The van der Waals surface area contributed by atoms with Crippen LogP contribution in [0.5, 0.6) is 0 Å². The van der Waals surface area contributed by atoms with Crippen molar-refractivity contribution in [3.05, 3.63) is 57.6 Å². The van der Waals surface area contributed by atoms with E-state index in [0.29, 0.717) is 30.0 Å². The fraction of sp³-hybridized carbons (Fsp3) is 0.581. The molecule has 0 bridgehead atoms. The first-order chi connectivity index (χ1) is 16.7. The van der Waals surface area contributed by atoms with E-state index < -0.39 is 0 Å². The molecule has 4 heteroatoms. The first-order valence-corrected chi connectivity index (χ1v) is 14.0. The van der Waals surface area contributed by atoms with Crippen molar-refractivity contribution in [2.24, 2.45) is 10.9 Å². The number of aryl methyl sites for hydroxylation is 2. The number of anilines is 1. The van der Waals surface area contributed by atoms with Gasteiger partial charge in [-0.3, -0.25) is 4.99 Å². The Morgan fingerprint density at radius 2 is 1.60 bits per heavy atom. The number of piperidine rings is 1. The zero-order chi connectivity index (χ0) is 25.3. The molecule has 4 unspecified atom stereocenters. The minimum absolute atomic E-state index is 0.325. The van der Waals surface area contributed by atoms with Gasteiger partial charge in [-0.2, -0.15) is 0 Å². The zero-order valence-electron chi connectivity index (χ0n) is 22.7. The number of aliphatic imine (C=N–C) groups is 1. The van der Waals surface area contributed by atoms with Gasteiger partial charge in [-0.25, -0.2) is 0 Å². The van der Waals surface area contributed by atoms with Gasteiger partial charge in [0.1, 0.15) is 0 Å². The first-order valence-electron chi connectivity index (χ1n) is 13.6. The predicted octanol–water partition coefficient (Wildman–Crippen LogP) is 8.70. The Hall–Kier alpha value is -1.84. The van der Waals surface area contributed by atoms with E-state index in [1.807, 2.05) is 0 Å². The molecule has 2 N–H and O–H groups in total. The first kappa shape index (κ1) is 26.2. The molecule has 2 aromatic carbocycles. The van der Waals surface area contributed by atoms with Crippen LogP contribution in [0.4, 0.5) is 11.4 Å². The van der Waals surface area contributed by atoms with Crippen LogP contribution in [-0.4, -0.2) is 23.8 Å². The van der Waals surface area contributed by atoms with Crippen LogP contribution in [0.15, 0.2) is 35.3 Å². The van der Waals surface area contributed by atoms with Crippen LogP contribution in [0.1, 0.15) is 101 Å². The van der Waals surface area contributed by atoms with Gasteiger partial charge in [-0.1, -0.05) is 63.9 Å². The van der Waals surface area contributed by atoms with E-state index in [1.165, 1.54) is 71.4 Å². The van der Waals surface area contributed by atoms with Gasteiger partial charge in [-0.15, -0.1) is 0 Å². The van der Waals surface area contributed by atoms with Crippen molar-refractivity contribution >= 4 is 28.7 Å². The third-order valence-corrected chi connectivity index (χ3v) is 8.43. The summed E-state index contributed by atoms with van der Waals surface area (Å²) >= 11 is 6.30. The van der Waals surface area contributed by atoms with Crippen LogP contribution in [0, 0.1) is 19.8 Å². The number of nitrogens with one attached hydrogen (secondary N) is 2. The molecule has 0 aromatic heterocycles. The summed E-state index contributed by atoms with van der Waals surface area (Å²) in [7, 11) is 0.